The molecular weight excluding hydrogens is 424 g/mol. The zero-order chi connectivity index (χ0) is 22.6. The van der Waals surface area contributed by atoms with Gasteiger partial charge in [-0.25, -0.2) is 9.97 Å². The zero-order valence-electron chi connectivity index (χ0n) is 17.9. The average Bonchev–Trinajstić information content (AvgIpc) is 3.60. The van der Waals surface area contributed by atoms with Gasteiger partial charge in [-0.15, -0.1) is 0 Å². The molecule has 7 heteroatoms. The number of nitrogens with zero attached hydrogens (tertiary/aromatic N) is 3. The summed E-state index contributed by atoms with van der Waals surface area (Å²) in [6.45, 7) is 0. The van der Waals surface area contributed by atoms with Gasteiger partial charge in [-0.3, -0.25) is 9.78 Å². The van der Waals surface area contributed by atoms with Crippen molar-refractivity contribution in [2.24, 2.45) is 0 Å². The van der Waals surface area contributed by atoms with Crippen LogP contribution in [0.2, 0.25) is 0 Å². The van der Waals surface area contributed by atoms with E-state index < -0.39 is 0 Å². The number of rotatable bonds is 3. The molecular formula is C27H18N6O. The number of carbonyl (C=O) groups excluding carboxylic acids is 1. The largest absolute Gasteiger partial charge is 0.346 e. The zero-order valence-corrected chi connectivity index (χ0v) is 17.9. The molecule has 0 aliphatic heterocycles. The van der Waals surface area contributed by atoms with Crippen LogP contribution >= 0.6 is 0 Å². The Hall–Kier alpha value is -4.78. The molecule has 6 aromatic rings. The van der Waals surface area contributed by atoms with Gasteiger partial charge in [0.15, 0.2) is 0 Å². The van der Waals surface area contributed by atoms with Crippen LogP contribution in [0.15, 0.2) is 85.5 Å². The van der Waals surface area contributed by atoms with Crippen molar-refractivity contribution in [1.82, 2.24) is 30.2 Å². The topological polar surface area (TPSA) is 99.3 Å². The van der Waals surface area contributed by atoms with Crippen LogP contribution in [0.5, 0.6) is 0 Å². The van der Waals surface area contributed by atoms with Crippen LogP contribution in [0.1, 0.15) is 27.5 Å². The van der Waals surface area contributed by atoms with E-state index in [9.17, 15) is 4.79 Å². The summed E-state index contributed by atoms with van der Waals surface area (Å²) in [6.07, 6.45) is 6.97. The van der Waals surface area contributed by atoms with Crippen molar-refractivity contribution in [1.29, 1.82) is 0 Å². The third-order valence-electron chi connectivity index (χ3n) is 6.47. The second kappa shape index (κ2) is 7.11. The number of aromatic nitrogens is 5. The first-order valence-electron chi connectivity index (χ1n) is 11.0. The molecule has 3 N–H and O–H groups in total. The summed E-state index contributed by atoms with van der Waals surface area (Å²) >= 11 is 0. The fourth-order valence-electron chi connectivity index (χ4n) is 4.96. The number of benzene rings is 2. The normalized spacial score (nSPS) is 14.3. The number of carbonyl (C=O) groups is 1. The van der Waals surface area contributed by atoms with Gasteiger partial charge in [0.1, 0.15) is 11.5 Å². The summed E-state index contributed by atoms with van der Waals surface area (Å²) in [5, 5.41) is 4.08. The predicted molar refractivity (Wildman–Crippen MR) is 130 cm³/mol. The molecule has 2 aromatic carbocycles. The van der Waals surface area contributed by atoms with Gasteiger partial charge in [-0.2, -0.15) is 0 Å². The Bertz CT molecular complexity index is 1700. The summed E-state index contributed by atoms with van der Waals surface area (Å²) in [4.78, 5) is 33.2. The second-order valence-corrected chi connectivity index (χ2v) is 8.34. The number of nitrogens with one attached hydrogen (secondary N) is 3. The van der Waals surface area contributed by atoms with Crippen LogP contribution in [-0.4, -0.2) is 30.8 Å². The summed E-state index contributed by atoms with van der Waals surface area (Å²) in [5.74, 6) is 0.643. The lowest BCUT2D eigenvalue weighted by Crippen LogP contribution is -2.28. The smallest absolute Gasteiger partial charge is 0.252 e. The van der Waals surface area contributed by atoms with E-state index in [1.165, 1.54) is 0 Å². The lowest BCUT2D eigenvalue weighted by molar-refractivity contribution is 0.0945. The minimum atomic E-state index is -0.271. The molecule has 0 saturated carbocycles. The maximum atomic E-state index is 13.4. The van der Waals surface area contributed by atoms with Crippen LogP contribution in [0.4, 0.5) is 0 Å². The minimum Gasteiger partial charge on any atom is -0.346 e. The molecule has 1 amide bonds. The first-order chi connectivity index (χ1) is 16.8. The number of imidazole rings is 1. The third-order valence-corrected chi connectivity index (χ3v) is 6.47. The van der Waals surface area contributed by atoms with Crippen molar-refractivity contribution < 1.29 is 4.79 Å². The van der Waals surface area contributed by atoms with E-state index in [0.29, 0.717) is 11.2 Å². The van der Waals surface area contributed by atoms with Crippen LogP contribution < -0.4 is 5.32 Å². The molecule has 1 atom stereocenters. The quantitative estimate of drug-likeness (QED) is 0.359. The highest BCUT2D eigenvalue weighted by Gasteiger charge is 2.32. The lowest BCUT2D eigenvalue weighted by atomic mass is 9.98. The Morgan fingerprint density at radius 2 is 1.79 bits per heavy atom. The molecule has 1 unspecified atom stereocenters. The van der Waals surface area contributed by atoms with Gasteiger partial charge in [0.2, 0.25) is 0 Å². The van der Waals surface area contributed by atoms with Crippen molar-refractivity contribution in [3.8, 4) is 22.5 Å². The van der Waals surface area contributed by atoms with Crippen LogP contribution in [0.25, 0.3) is 44.6 Å². The van der Waals surface area contributed by atoms with Crippen molar-refractivity contribution in [2.75, 3.05) is 0 Å². The van der Waals surface area contributed by atoms with Crippen LogP contribution in [0.3, 0.4) is 0 Å². The monoisotopic (exact) mass is 442 g/mol. The molecule has 7 rings (SSSR count). The van der Waals surface area contributed by atoms with Crippen molar-refractivity contribution in [3.63, 3.8) is 0 Å². The fraction of sp³-hybridized carbons (Fsp3) is 0.0370. The van der Waals surface area contributed by atoms with Gasteiger partial charge in [0.05, 0.1) is 28.8 Å². The first kappa shape index (κ1) is 18.8. The Labute approximate surface area is 193 Å². The number of fused-ring (bicyclic) bond motifs is 5. The molecule has 162 valence electrons. The minimum absolute atomic E-state index is 0.139. The van der Waals surface area contributed by atoms with Gasteiger partial charge < -0.3 is 15.3 Å². The van der Waals surface area contributed by atoms with Crippen molar-refractivity contribution >= 4 is 28.0 Å². The van der Waals surface area contributed by atoms with Crippen LogP contribution in [-0.2, 0) is 0 Å². The molecule has 0 fully saturated rings. The van der Waals surface area contributed by atoms with E-state index in [1.54, 1.807) is 30.9 Å². The Kier molecular flexibility index (Phi) is 3.92. The first-order valence-corrected chi connectivity index (χ1v) is 11.0. The Morgan fingerprint density at radius 1 is 0.912 bits per heavy atom. The highest BCUT2D eigenvalue weighted by Crippen LogP contribution is 2.47. The maximum absolute atomic E-state index is 13.4. The summed E-state index contributed by atoms with van der Waals surface area (Å²) < 4.78 is 0. The lowest BCUT2D eigenvalue weighted by Gasteiger charge is -2.16. The van der Waals surface area contributed by atoms with E-state index in [1.807, 2.05) is 30.3 Å². The summed E-state index contributed by atoms with van der Waals surface area (Å²) in [6, 6.07) is 19.6. The standard InChI is InChI=1S/C27H18N6O/c34-27(18-9-13-30-25-17(18)8-12-29-25)33-24-16-5-2-1-4-15(16)23-19(24)6-3-7-20(23)26-31-21-10-11-28-14-22(21)32-26/h1-14,24H,(H,29,30)(H,31,32)(H,33,34). The highest BCUT2D eigenvalue weighted by molar-refractivity contribution is 6.06. The van der Waals surface area contributed by atoms with Gasteiger partial charge in [-0.05, 0) is 40.5 Å². The molecule has 0 saturated heterocycles. The molecule has 34 heavy (non-hydrogen) atoms. The predicted octanol–water partition coefficient (Wildman–Crippen LogP) is 5.00. The van der Waals surface area contributed by atoms with Crippen LogP contribution in [0, 0.1) is 0 Å². The maximum Gasteiger partial charge on any atom is 0.252 e. The molecule has 4 aromatic heterocycles. The Morgan fingerprint density at radius 3 is 2.74 bits per heavy atom. The SMILES string of the molecule is O=C(NC1c2ccccc2-c2c(-c3nc4ccncc4[nH]3)cccc21)c1ccnc2[nH]ccc12. The number of hydrogen-bond acceptors (Lipinski definition) is 4. The fourth-order valence-corrected chi connectivity index (χ4v) is 4.96. The summed E-state index contributed by atoms with van der Waals surface area (Å²) in [7, 11) is 0. The molecule has 1 aliphatic rings. The molecule has 0 bridgehead atoms. The van der Waals surface area contributed by atoms with Crippen molar-refractivity contribution in [3.05, 3.63) is 102 Å². The average molecular weight is 442 g/mol. The number of aromatic amines is 2. The van der Waals surface area contributed by atoms with Crippen molar-refractivity contribution in [2.45, 2.75) is 6.04 Å². The number of amides is 1. The van der Waals surface area contributed by atoms with E-state index >= 15 is 0 Å². The Balaban J connectivity index is 1.36. The third kappa shape index (κ3) is 2.70. The van der Waals surface area contributed by atoms with E-state index in [-0.39, 0.29) is 11.9 Å². The molecule has 1 aliphatic carbocycles. The molecule has 0 spiro atoms. The van der Waals surface area contributed by atoms with Gasteiger partial charge in [0, 0.05) is 29.5 Å². The van der Waals surface area contributed by atoms with Gasteiger partial charge >= 0.3 is 0 Å². The number of H-pyrrole nitrogens is 2. The highest BCUT2D eigenvalue weighted by atomic mass is 16.1. The van der Waals surface area contributed by atoms with E-state index in [2.05, 4.69) is 49.5 Å². The second-order valence-electron chi connectivity index (χ2n) is 8.34. The van der Waals surface area contributed by atoms with Gasteiger partial charge in [-0.1, -0.05) is 42.5 Å². The van der Waals surface area contributed by atoms with Gasteiger partial charge in [0.25, 0.3) is 5.91 Å². The summed E-state index contributed by atoms with van der Waals surface area (Å²) in [5.41, 5.74) is 8.33. The molecule has 4 heterocycles. The number of hydrogen-bond donors (Lipinski definition) is 3. The van der Waals surface area contributed by atoms with E-state index in [0.717, 1.165) is 50.1 Å². The molecule has 7 nitrogen and oxygen atoms in total. The molecule has 0 radical (unpaired) electrons. The van der Waals surface area contributed by atoms with E-state index in [4.69, 9.17) is 4.98 Å². The number of pyridine rings is 2.